The molecule has 2 aliphatic heterocycles. The van der Waals surface area contributed by atoms with Crippen LogP contribution in [0.15, 0.2) is 30.3 Å². The van der Waals surface area contributed by atoms with E-state index in [2.05, 4.69) is 4.90 Å². The van der Waals surface area contributed by atoms with Crippen LogP contribution in [-0.4, -0.2) is 64.5 Å². The van der Waals surface area contributed by atoms with E-state index in [-0.39, 0.29) is 5.91 Å². The van der Waals surface area contributed by atoms with Crippen molar-refractivity contribution in [3.63, 3.8) is 0 Å². The molecule has 1 amide bonds. The molecule has 0 aromatic heterocycles. The van der Waals surface area contributed by atoms with Gasteiger partial charge < -0.3 is 10.0 Å². The number of hydrogen-bond donors (Lipinski definition) is 1. The van der Waals surface area contributed by atoms with Gasteiger partial charge in [0.25, 0.3) is 5.91 Å². The Morgan fingerprint density at radius 2 is 1.90 bits per heavy atom. The first-order chi connectivity index (χ1) is 10.3. The van der Waals surface area contributed by atoms with Gasteiger partial charge >= 0.3 is 0 Å². The summed E-state index contributed by atoms with van der Waals surface area (Å²) < 4.78 is 0. The molecule has 3 rings (SSSR count). The van der Waals surface area contributed by atoms with E-state index >= 15 is 0 Å². The molecule has 1 aromatic carbocycles. The quantitative estimate of drug-likeness (QED) is 0.916. The number of hydrogen-bond acceptors (Lipinski definition) is 4. The van der Waals surface area contributed by atoms with Crippen LogP contribution < -0.4 is 0 Å². The first kappa shape index (κ1) is 14.9. The van der Waals surface area contributed by atoms with E-state index in [0.29, 0.717) is 11.6 Å². The van der Waals surface area contributed by atoms with Crippen molar-refractivity contribution in [2.75, 3.05) is 37.7 Å². The van der Waals surface area contributed by atoms with Gasteiger partial charge in [0.2, 0.25) is 0 Å². The first-order valence-electron chi connectivity index (χ1n) is 7.59. The standard InChI is InChI=1S/C16H22N2O2S/c19-15(13-4-2-1-3-5-13)16(20)18-9-7-17(8-10-18)14-6-11-21-12-14/h1-5,14-15,19H,6-12H2/t14-,15-/m0/s1. The van der Waals surface area contributed by atoms with Gasteiger partial charge in [-0.05, 0) is 17.7 Å². The number of amides is 1. The number of aliphatic hydroxyl groups is 1. The molecule has 1 aromatic rings. The number of carbonyl (C=O) groups is 1. The van der Waals surface area contributed by atoms with E-state index in [1.807, 2.05) is 30.0 Å². The van der Waals surface area contributed by atoms with Crippen LogP contribution in [0.5, 0.6) is 0 Å². The molecule has 0 saturated carbocycles. The van der Waals surface area contributed by atoms with Crippen LogP contribution in [0.2, 0.25) is 0 Å². The molecule has 2 saturated heterocycles. The lowest BCUT2D eigenvalue weighted by Gasteiger charge is -2.38. The molecule has 0 bridgehead atoms. The van der Waals surface area contributed by atoms with Gasteiger partial charge in [-0.15, -0.1) is 0 Å². The largest absolute Gasteiger partial charge is 0.378 e. The van der Waals surface area contributed by atoms with E-state index in [1.54, 1.807) is 17.0 Å². The van der Waals surface area contributed by atoms with E-state index in [4.69, 9.17) is 0 Å². The highest BCUT2D eigenvalue weighted by atomic mass is 32.2. The molecule has 5 heteroatoms. The first-order valence-corrected chi connectivity index (χ1v) is 8.75. The number of benzene rings is 1. The summed E-state index contributed by atoms with van der Waals surface area (Å²) in [4.78, 5) is 16.7. The molecule has 0 aliphatic carbocycles. The number of rotatable bonds is 3. The van der Waals surface area contributed by atoms with Gasteiger partial charge in [-0.1, -0.05) is 30.3 Å². The molecule has 2 heterocycles. The van der Waals surface area contributed by atoms with Gasteiger partial charge in [-0.2, -0.15) is 11.8 Å². The van der Waals surface area contributed by atoms with Crippen molar-refractivity contribution in [1.29, 1.82) is 0 Å². The molecule has 114 valence electrons. The maximum atomic E-state index is 12.4. The summed E-state index contributed by atoms with van der Waals surface area (Å²) in [6.45, 7) is 3.31. The molecular weight excluding hydrogens is 284 g/mol. The third-order valence-corrected chi connectivity index (χ3v) is 5.54. The van der Waals surface area contributed by atoms with E-state index in [1.165, 1.54) is 17.9 Å². The van der Waals surface area contributed by atoms with Crippen molar-refractivity contribution in [2.24, 2.45) is 0 Å². The Bertz CT molecular complexity index is 468. The summed E-state index contributed by atoms with van der Waals surface area (Å²) >= 11 is 2.02. The molecule has 1 N–H and O–H groups in total. The van der Waals surface area contributed by atoms with Crippen molar-refractivity contribution in [3.05, 3.63) is 35.9 Å². The second-order valence-electron chi connectivity index (χ2n) is 5.69. The van der Waals surface area contributed by atoms with Gasteiger partial charge in [0.15, 0.2) is 6.10 Å². The van der Waals surface area contributed by atoms with Crippen molar-refractivity contribution in [2.45, 2.75) is 18.6 Å². The Morgan fingerprint density at radius 1 is 1.19 bits per heavy atom. The van der Waals surface area contributed by atoms with Gasteiger partial charge in [0.1, 0.15) is 0 Å². The monoisotopic (exact) mass is 306 g/mol. The van der Waals surface area contributed by atoms with Crippen LogP contribution in [-0.2, 0) is 4.79 Å². The number of aliphatic hydroxyl groups excluding tert-OH is 1. The van der Waals surface area contributed by atoms with Crippen molar-refractivity contribution >= 4 is 17.7 Å². The number of piperazine rings is 1. The minimum atomic E-state index is -1.03. The second-order valence-corrected chi connectivity index (χ2v) is 6.84. The Morgan fingerprint density at radius 3 is 2.52 bits per heavy atom. The Kier molecular flexibility index (Phi) is 4.83. The molecule has 2 aliphatic rings. The molecular formula is C16H22N2O2S. The predicted octanol–water partition coefficient (Wildman–Crippen LogP) is 1.37. The maximum absolute atomic E-state index is 12.4. The fraction of sp³-hybridized carbons (Fsp3) is 0.562. The van der Waals surface area contributed by atoms with Gasteiger partial charge in [0.05, 0.1) is 0 Å². The molecule has 2 atom stereocenters. The zero-order valence-corrected chi connectivity index (χ0v) is 13.0. The summed E-state index contributed by atoms with van der Waals surface area (Å²) in [5, 5.41) is 10.2. The third kappa shape index (κ3) is 3.42. The number of thioether (sulfide) groups is 1. The maximum Gasteiger partial charge on any atom is 0.256 e. The molecule has 2 fully saturated rings. The topological polar surface area (TPSA) is 43.8 Å². The minimum Gasteiger partial charge on any atom is -0.378 e. The highest BCUT2D eigenvalue weighted by Crippen LogP contribution is 2.24. The lowest BCUT2D eigenvalue weighted by molar-refractivity contribution is -0.142. The third-order valence-electron chi connectivity index (χ3n) is 4.40. The fourth-order valence-corrected chi connectivity index (χ4v) is 4.32. The Hall–Kier alpha value is -1.04. The van der Waals surface area contributed by atoms with Crippen molar-refractivity contribution in [1.82, 2.24) is 9.80 Å². The van der Waals surface area contributed by atoms with E-state index < -0.39 is 6.10 Å². The summed E-state index contributed by atoms with van der Waals surface area (Å²) in [6, 6.07) is 9.87. The smallest absolute Gasteiger partial charge is 0.256 e. The van der Waals surface area contributed by atoms with Crippen LogP contribution >= 0.6 is 11.8 Å². The zero-order valence-electron chi connectivity index (χ0n) is 12.1. The molecule has 4 nitrogen and oxygen atoms in total. The van der Waals surface area contributed by atoms with Crippen LogP contribution in [0.1, 0.15) is 18.1 Å². The fourth-order valence-electron chi connectivity index (χ4n) is 3.07. The Labute approximate surface area is 130 Å². The van der Waals surface area contributed by atoms with Crippen molar-refractivity contribution in [3.8, 4) is 0 Å². The summed E-state index contributed by atoms with van der Waals surface area (Å²) in [5.74, 6) is 2.32. The molecule has 0 radical (unpaired) electrons. The average Bonchev–Trinajstić information content (AvgIpc) is 3.09. The Balaban J connectivity index is 1.55. The van der Waals surface area contributed by atoms with Gasteiger partial charge in [0, 0.05) is 38.0 Å². The van der Waals surface area contributed by atoms with Crippen LogP contribution in [0.3, 0.4) is 0 Å². The van der Waals surface area contributed by atoms with Gasteiger partial charge in [-0.25, -0.2) is 0 Å². The lowest BCUT2D eigenvalue weighted by atomic mass is 10.1. The van der Waals surface area contributed by atoms with E-state index in [0.717, 1.165) is 26.2 Å². The predicted molar refractivity (Wildman–Crippen MR) is 85.3 cm³/mol. The summed E-state index contributed by atoms with van der Waals surface area (Å²) in [7, 11) is 0. The van der Waals surface area contributed by atoms with Crippen LogP contribution in [0.25, 0.3) is 0 Å². The zero-order chi connectivity index (χ0) is 14.7. The lowest BCUT2D eigenvalue weighted by Crippen LogP contribution is -2.53. The van der Waals surface area contributed by atoms with Crippen LogP contribution in [0.4, 0.5) is 0 Å². The van der Waals surface area contributed by atoms with E-state index in [9.17, 15) is 9.90 Å². The number of carbonyl (C=O) groups excluding carboxylic acids is 1. The normalized spacial score (nSPS) is 25.0. The highest BCUT2D eigenvalue weighted by molar-refractivity contribution is 7.99. The SMILES string of the molecule is O=C([C@@H](O)c1ccccc1)N1CCN([C@H]2CCSC2)CC1. The molecule has 0 spiro atoms. The number of nitrogens with zero attached hydrogens (tertiary/aromatic N) is 2. The average molecular weight is 306 g/mol. The highest BCUT2D eigenvalue weighted by Gasteiger charge is 2.30. The van der Waals surface area contributed by atoms with Crippen molar-refractivity contribution < 1.29 is 9.90 Å². The molecule has 21 heavy (non-hydrogen) atoms. The minimum absolute atomic E-state index is 0.165. The van der Waals surface area contributed by atoms with Crippen LogP contribution in [0, 0.1) is 0 Å². The summed E-state index contributed by atoms with van der Waals surface area (Å²) in [6.07, 6.45) is 0.241. The molecule has 0 unspecified atom stereocenters. The summed E-state index contributed by atoms with van der Waals surface area (Å²) in [5.41, 5.74) is 0.678. The van der Waals surface area contributed by atoms with Gasteiger partial charge in [-0.3, -0.25) is 9.69 Å². The second kappa shape index (κ2) is 6.81.